The minimum Gasteiger partial charge on any atom is -0.360 e. The molecule has 0 radical (unpaired) electrons. The molecule has 2 aromatic rings. The van der Waals surface area contributed by atoms with Gasteiger partial charge in [0.1, 0.15) is 12.2 Å². The first kappa shape index (κ1) is 15.7. The van der Waals surface area contributed by atoms with E-state index in [4.69, 9.17) is 4.52 Å². The topological polar surface area (TPSA) is 88.3 Å². The highest BCUT2D eigenvalue weighted by molar-refractivity contribution is 6.03. The van der Waals surface area contributed by atoms with Crippen molar-refractivity contribution in [3.05, 3.63) is 41.9 Å². The van der Waals surface area contributed by atoms with Crippen LogP contribution in [0.1, 0.15) is 17.7 Å². The largest absolute Gasteiger partial charge is 0.360 e. The van der Waals surface area contributed by atoms with Gasteiger partial charge in [-0.15, -0.1) is 0 Å². The van der Waals surface area contributed by atoms with Crippen molar-refractivity contribution in [1.82, 2.24) is 15.0 Å². The van der Waals surface area contributed by atoms with Gasteiger partial charge < -0.3 is 14.7 Å². The summed E-state index contributed by atoms with van der Waals surface area (Å²) in [6.45, 7) is 2.26. The zero-order valence-electron chi connectivity index (χ0n) is 12.6. The van der Waals surface area contributed by atoms with Crippen molar-refractivity contribution in [2.45, 2.75) is 19.8 Å². The van der Waals surface area contributed by atoms with Gasteiger partial charge in [-0.05, 0) is 31.0 Å². The maximum absolute atomic E-state index is 12.0. The molecule has 0 saturated carbocycles. The summed E-state index contributed by atoms with van der Waals surface area (Å²) in [5, 5.41) is 6.17. The molecule has 0 aliphatic rings. The van der Waals surface area contributed by atoms with Crippen LogP contribution in [0.5, 0.6) is 0 Å². The molecule has 0 aliphatic carbocycles. The van der Waals surface area contributed by atoms with E-state index in [0.717, 1.165) is 12.0 Å². The third-order valence-corrected chi connectivity index (χ3v) is 3.12. The van der Waals surface area contributed by atoms with E-state index in [1.54, 1.807) is 32.4 Å². The summed E-state index contributed by atoms with van der Waals surface area (Å²) in [6.07, 6.45) is 3.92. The van der Waals surface area contributed by atoms with Crippen molar-refractivity contribution in [3.63, 3.8) is 0 Å². The number of likely N-dealkylation sites (N-methyl/N-ethyl adjacent to an activating group) is 1. The van der Waals surface area contributed by atoms with Gasteiger partial charge in [0.2, 0.25) is 11.8 Å². The summed E-state index contributed by atoms with van der Waals surface area (Å²) in [5.74, 6) is 0.256. The molecular weight excluding hydrogens is 284 g/mol. The number of hydrogen-bond acceptors (Lipinski definition) is 5. The highest BCUT2D eigenvalue weighted by Crippen LogP contribution is 2.07. The Labute approximate surface area is 128 Å². The Hall–Kier alpha value is -2.70. The number of rotatable bonds is 6. The molecule has 2 rings (SSSR count). The van der Waals surface area contributed by atoms with Crippen molar-refractivity contribution < 1.29 is 14.1 Å². The van der Waals surface area contributed by atoms with Crippen LogP contribution in [0.25, 0.3) is 0 Å². The molecule has 0 spiro atoms. The standard InChI is InChI=1S/C15H18N4O3/c1-11-9-13(18-22-11)17-14(20)10-15(21)19(2)8-5-12-3-6-16-7-4-12/h3-4,6-7,9H,5,8,10H2,1-2H3,(H,17,18,20). The summed E-state index contributed by atoms with van der Waals surface area (Å²) in [7, 11) is 1.68. The highest BCUT2D eigenvalue weighted by atomic mass is 16.5. The Bertz CT molecular complexity index is 639. The minimum absolute atomic E-state index is 0.223. The van der Waals surface area contributed by atoms with Gasteiger partial charge in [-0.3, -0.25) is 14.6 Å². The van der Waals surface area contributed by atoms with Crippen LogP contribution in [-0.4, -0.2) is 40.4 Å². The summed E-state index contributed by atoms with van der Waals surface area (Å²) >= 11 is 0. The van der Waals surface area contributed by atoms with Gasteiger partial charge in [-0.1, -0.05) is 5.16 Å². The number of nitrogens with zero attached hydrogens (tertiary/aromatic N) is 3. The predicted octanol–water partition coefficient (Wildman–Crippen LogP) is 1.41. The van der Waals surface area contributed by atoms with Gasteiger partial charge >= 0.3 is 0 Å². The lowest BCUT2D eigenvalue weighted by Crippen LogP contribution is -2.32. The van der Waals surface area contributed by atoms with Crippen LogP contribution < -0.4 is 5.32 Å². The molecule has 22 heavy (non-hydrogen) atoms. The van der Waals surface area contributed by atoms with Crippen LogP contribution in [0.2, 0.25) is 0 Å². The maximum atomic E-state index is 12.0. The first-order chi connectivity index (χ1) is 10.5. The fourth-order valence-corrected chi connectivity index (χ4v) is 1.86. The van der Waals surface area contributed by atoms with E-state index in [2.05, 4.69) is 15.5 Å². The number of pyridine rings is 1. The van der Waals surface area contributed by atoms with Gasteiger partial charge in [0.25, 0.3) is 0 Å². The second-order valence-electron chi connectivity index (χ2n) is 4.97. The Balaban J connectivity index is 1.77. The molecule has 0 bridgehead atoms. The lowest BCUT2D eigenvalue weighted by Gasteiger charge is -2.16. The van der Waals surface area contributed by atoms with E-state index in [1.807, 2.05) is 12.1 Å². The molecule has 7 nitrogen and oxygen atoms in total. The first-order valence-electron chi connectivity index (χ1n) is 6.90. The molecule has 0 fully saturated rings. The van der Waals surface area contributed by atoms with Gasteiger partial charge in [-0.2, -0.15) is 0 Å². The quantitative estimate of drug-likeness (QED) is 0.815. The molecule has 0 aromatic carbocycles. The van der Waals surface area contributed by atoms with Gasteiger partial charge in [0.05, 0.1) is 0 Å². The number of carbonyl (C=O) groups is 2. The zero-order valence-corrected chi connectivity index (χ0v) is 12.6. The molecule has 116 valence electrons. The number of hydrogen-bond donors (Lipinski definition) is 1. The lowest BCUT2D eigenvalue weighted by atomic mass is 10.2. The molecule has 1 N–H and O–H groups in total. The van der Waals surface area contributed by atoms with E-state index in [0.29, 0.717) is 18.1 Å². The van der Waals surface area contributed by atoms with Crippen LogP contribution in [0.15, 0.2) is 35.1 Å². The minimum atomic E-state index is -0.408. The first-order valence-corrected chi connectivity index (χ1v) is 6.90. The van der Waals surface area contributed by atoms with Crippen molar-refractivity contribution in [3.8, 4) is 0 Å². The molecule has 2 heterocycles. The van der Waals surface area contributed by atoms with E-state index < -0.39 is 5.91 Å². The van der Waals surface area contributed by atoms with Crippen molar-refractivity contribution in [2.75, 3.05) is 18.9 Å². The summed E-state index contributed by atoms with van der Waals surface area (Å²) in [6, 6.07) is 5.39. The number of aromatic nitrogens is 2. The van der Waals surface area contributed by atoms with Crippen LogP contribution in [0.4, 0.5) is 5.82 Å². The lowest BCUT2D eigenvalue weighted by molar-refractivity contribution is -0.133. The SMILES string of the molecule is Cc1cc(NC(=O)CC(=O)N(C)CCc2ccncc2)no1. The smallest absolute Gasteiger partial charge is 0.235 e. The van der Waals surface area contributed by atoms with E-state index >= 15 is 0 Å². The third kappa shape index (κ3) is 4.69. The average Bonchev–Trinajstić information content (AvgIpc) is 2.90. The Morgan fingerprint density at radius 3 is 2.68 bits per heavy atom. The highest BCUT2D eigenvalue weighted by Gasteiger charge is 2.15. The predicted molar refractivity (Wildman–Crippen MR) is 80.1 cm³/mol. The van der Waals surface area contributed by atoms with Gasteiger partial charge in [-0.25, -0.2) is 0 Å². The number of aryl methyl sites for hydroxylation is 1. The Morgan fingerprint density at radius 2 is 2.05 bits per heavy atom. The molecule has 2 aromatic heterocycles. The summed E-state index contributed by atoms with van der Waals surface area (Å²) in [5.41, 5.74) is 1.09. The molecule has 0 unspecified atom stereocenters. The fourth-order valence-electron chi connectivity index (χ4n) is 1.86. The molecular formula is C15H18N4O3. The molecule has 0 saturated heterocycles. The summed E-state index contributed by atoms with van der Waals surface area (Å²) in [4.78, 5) is 29.2. The second-order valence-corrected chi connectivity index (χ2v) is 4.97. The fraction of sp³-hybridized carbons (Fsp3) is 0.333. The molecule has 0 atom stereocenters. The Morgan fingerprint density at radius 1 is 1.32 bits per heavy atom. The van der Waals surface area contributed by atoms with Crippen molar-refractivity contribution in [2.24, 2.45) is 0 Å². The summed E-state index contributed by atoms with van der Waals surface area (Å²) < 4.78 is 4.84. The van der Waals surface area contributed by atoms with Crippen LogP contribution in [0.3, 0.4) is 0 Å². The normalized spacial score (nSPS) is 10.3. The van der Waals surface area contributed by atoms with E-state index in [-0.39, 0.29) is 12.3 Å². The van der Waals surface area contributed by atoms with Crippen molar-refractivity contribution in [1.29, 1.82) is 0 Å². The Kier molecular flexibility index (Phi) is 5.24. The van der Waals surface area contributed by atoms with Crippen molar-refractivity contribution >= 4 is 17.6 Å². The number of carbonyl (C=O) groups excluding carboxylic acids is 2. The second kappa shape index (κ2) is 7.35. The van der Waals surface area contributed by atoms with Crippen LogP contribution in [-0.2, 0) is 16.0 Å². The number of nitrogens with one attached hydrogen (secondary N) is 1. The molecule has 7 heteroatoms. The number of anilines is 1. The maximum Gasteiger partial charge on any atom is 0.235 e. The zero-order chi connectivity index (χ0) is 15.9. The van der Waals surface area contributed by atoms with Gasteiger partial charge in [0, 0.05) is 32.1 Å². The van der Waals surface area contributed by atoms with Crippen LogP contribution >= 0.6 is 0 Å². The van der Waals surface area contributed by atoms with Crippen LogP contribution in [0, 0.1) is 6.92 Å². The third-order valence-electron chi connectivity index (χ3n) is 3.12. The molecule has 0 aliphatic heterocycles. The van der Waals surface area contributed by atoms with Gasteiger partial charge in [0.15, 0.2) is 5.82 Å². The van der Waals surface area contributed by atoms with E-state index in [1.165, 1.54) is 4.90 Å². The average molecular weight is 302 g/mol. The van der Waals surface area contributed by atoms with E-state index in [9.17, 15) is 9.59 Å². The molecule has 2 amide bonds. The monoisotopic (exact) mass is 302 g/mol. The number of amides is 2.